The number of pyridine rings is 2. The molecule has 2 aliphatic heterocycles. The van der Waals surface area contributed by atoms with E-state index in [0.717, 1.165) is 15.7 Å². The van der Waals surface area contributed by atoms with E-state index in [-0.39, 0.29) is 0 Å². The van der Waals surface area contributed by atoms with Gasteiger partial charge in [-0.25, -0.2) is 14.3 Å². The highest BCUT2D eigenvalue weighted by Crippen LogP contribution is 2.16. The Labute approximate surface area is 159 Å². The van der Waals surface area contributed by atoms with Crippen LogP contribution < -0.4 is 11.2 Å². The third kappa shape index (κ3) is 3.27. The lowest BCUT2D eigenvalue weighted by Crippen LogP contribution is -2.36. The second kappa shape index (κ2) is 6.81. The van der Waals surface area contributed by atoms with Crippen molar-refractivity contribution in [3.63, 3.8) is 0 Å². The van der Waals surface area contributed by atoms with Gasteiger partial charge in [-0.2, -0.15) is 4.98 Å². The summed E-state index contributed by atoms with van der Waals surface area (Å²) in [5.41, 5.74) is 1.81. The van der Waals surface area contributed by atoms with Crippen LogP contribution in [0.15, 0.2) is 70.5 Å². The van der Waals surface area contributed by atoms with Gasteiger partial charge in [0.15, 0.2) is 5.82 Å². The largest absolute Gasteiger partial charge is 0.357 e. The molecule has 0 fully saturated rings. The molecule has 0 saturated heterocycles. The maximum absolute atomic E-state index is 13.0. The molecule has 2 aliphatic rings. The molecule has 0 unspecified atom stereocenters. The smallest absolute Gasteiger partial charge is 0.328 e. The lowest BCUT2D eigenvalue weighted by molar-refractivity contribution is 0.750. The number of benzene rings is 1. The van der Waals surface area contributed by atoms with Crippen molar-refractivity contribution in [2.45, 2.75) is 13.5 Å². The SMILES string of the molecule is Cc1ccc(-n2c(=O)nc3n(Cc4ccc(Cl)nc4)cccc-3c2=O)cc1. The van der Waals surface area contributed by atoms with E-state index in [1.54, 1.807) is 47.3 Å². The number of aromatic nitrogens is 4. The van der Waals surface area contributed by atoms with Gasteiger partial charge in [-0.1, -0.05) is 35.4 Å². The van der Waals surface area contributed by atoms with Crippen molar-refractivity contribution in [3.05, 3.63) is 98.0 Å². The number of aryl methyl sites for hydroxylation is 1. The molecule has 4 rings (SSSR count). The monoisotopic (exact) mass is 378 g/mol. The van der Waals surface area contributed by atoms with Crippen LogP contribution in [-0.4, -0.2) is 19.1 Å². The van der Waals surface area contributed by atoms with Gasteiger partial charge in [0, 0.05) is 12.4 Å². The van der Waals surface area contributed by atoms with Crippen LogP contribution in [-0.2, 0) is 6.54 Å². The molecule has 6 nitrogen and oxygen atoms in total. The lowest BCUT2D eigenvalue weighted by Gasteiger charge is -2.15. The van der Waals surface area contributed by atoms with E-state index in [9.17, 15) is 9.59 Å². The molecule has 0 aliphatic carbocycles. The molecule has 0 amide bonds. The maximum Gasteiger partial charge on any atom is 0.357 e. The Morgan fingerprint density at radius 1 is 1.04 bits per heavy atom. The highest BCUT2D eigenvalue weighted by atomic mass is 35.5. The summed E-state index contributed by atoms with van der Waals surface area (Å²) in [6.07, 6.45) is 3.43. The molecule has 0 saturated carbocycles. The van der Waals surface area contributed by atoms with E-state index in [1.165, 1.54) is 0 Å². The maximum atomic E-state index is 13.0. The second-order valence-electron chi connectivity index (χ2n) is 6.23. The molecular weight excluding hydrogens is 364 g/mol. The van der Waals surface area contributed by atoms with E-state index >= 15 is 0 Å². The molecular formula is C20H15ClN4O2. The van der Waals surface area contributed by atoms with Crippen LogP contribution in [0.5, 0.6) is 0 Å². The summed E-state index contributed by atoms with van der Waals surface area (Å²) in [6.45, 7) is 2.36. The first-order valence-corrected chi connectivity index (χ1v) is 8.70. The van der Waals surface area contributed by atoms with Gasteiger partial charge in [-0.3, -0.25) is 4.79 Å². The molecule has 134 valence electrons. The van der Waals surface area contributed by atoms with Crippen molar-refractivity contribution < 1.29 is 0 Å². The van der Waals surface area contributed by atoms with Crippen LogP contribution in [0.3, 0.4) is 0 Å². The van der Waals surface area contributed by atoms with Crippen LogP contribution in [0.2, 0.25) is 5.15 Å². The summed E-state index contributed by atoms with van der Waals surface area (Å²) in [5.74, 6) is 0.339. The Morgan fingerprint density at radius 3 is 2.52 bits per heavy atom. The van der Waals surface area contributed by atoms with Crippen molar-refractivity contribution in [2.24, 2.45) is 0 Å². The molecule has 7 heteroatoms. The number of fused-ring (bicyclic) bond motifs is 1. The third-order valence-electron chi connectivity index (χ3n) is 4.30. The number of hydrogen-bond acceptors (Lipinski definition) is 4. The molecule has 3 heterocycles. The fraction of sp³-hybridized carbons (Fsp3) is 0.100. The van der Waals surface area contributed by atoms with E-state index in [1.807, 2.05) is 25.1 Å². The summed E-state index contributed by atoms with van der Waals surface area (Å²) in [4.78, 5) is 33.8. The Kier molecular flexibility index (Phi) is 4.33. The Balaban J connectivity index is 1.85. The summed E-state index contributed by atoms with van der Waals surface area (Å²) < 4.78 is 2.85. The van der Waals surface area contributed by atoms with E-state index < -0.39 is 11.2 Å². The molecule has 1 aromatic carbocycles. The number of nitrogens with zero attached hydrogens (tertiary/aromatic N) is 4. The predicted molar refractivity (Wildman–Crippen MR) is 104 cm³/mol. The van der Waals surface area contributed by atoms with Gasteiger partial charge >= 0.3 is 5.69 Å². The van der Waals surface area contributed by atoms with Crippen LogP contribution in [0.1, 0.15) is 11.1 Å². The first kappa shape index (κ1) is 17.2. The number of hydrogen-bond donors (Lipinski definition) is 0. The fourth-order valence-corrected chi connectivity index (χ4v) is 3.04. The van der Waals surface area contributed by atoms with Crippen molar-refractivity contribution in [1.82, 2.24) is 19.1 Å². The quantitative estimate of drug-likeness (QED) is 0.514. The summed E-state index contributed by atoms with van der Waals surface area (Å²) >= 11 is 5.82. The van der Waals surface area contributed by atoms with Gasteiger partial charge in [0.05, 0.1) is 17.8 Å². The molecule has 27 heavy (non-hydrogen) atoms. The standard InChI is InChI=1S/C20H15ClN4O2/c1-13-4-7-15(8-5-13)25-19(26)16-3-2-10-24(18(16)23-20(25)27)12-14-6-9-17(21)22-11-14/h2-11H,12H2,1H3. The average molecular weight is 379 g/mol. The highest BCUT2D eigenvalue weighted by Gasteiger charge is 2.18. The minimum atomic E-state index is -0.606. The third-order valence-corrected chi connectivity index (χ3v) is 4.53. The van der Waals surface area contributed by atoms with Crippen molar-refractivity contribution >= 4 is 11.6 Å². The zero-order valence-electron chi connectivity index (χ0n) is 14.5. The average Bonchev–Trinajstić information content (AvgIpc) is 2.66. The van der Waals surface area contributed by atoms with E-state index in [4.69, 9.17) is 11.6 Å². The molecule has 0 radical (unpaired) electrons. The minimum absolute atomic E-state index is 0.339. The zero-order valence-corrected chi connectivity index (χ0v) is 15.2. The Morgan fingerprint density at radius 2 is 1.81 bits per heavy atom. The fourth-order valence-electron chi connectivity index (χ4n) is 2.93. The van der Waals surface area contributed by atoms with Crippen molar-refractivity contribution in [1.29, 1.82) is 0 Å². The van der Waals surface area contributed by atoms with Gasteiger partial charge in [-0.05, 0) is 42.8 Å². The van der Waals surface area contributed by atoms with Crippen LogP contribution in [0.4, 0.5) is 0 Å². The van der Waals surface area contributed by atoms with Crippen molar-refractivity contribution in [2.75, 3.05) is 0 Å². The topological polar surface area (TPSA) is 69.8 Å². The molecule has 2 aromatic rings. The predicted octanol–water partition coefficient (Wildman–Crippen LogP) is 2.90. The van der Waals surface area contributed by atoms with Gasteiger partial charge in [-0.15, -0.1) is 0 Å². The van der Waals surface area contributed by atoms with Crippen LogP contribution >= 0.6 is 11.6 Å². The van der Waals surface area contributed by atoms with Gasteiger partial charge in [0.2, 0.25) is 0 Å². The minimum Gasteiger partial charge on any atom is -0.328 e. The normalized spacial score (nSPS) is 11.0. The zero-order chi connectivity index (χ0) is 19.0. The first-order valence-electron chi connectivity index (χ1n) is 8.32. The van der Waals surface area contributed by atoms with Gasteiger partial charge < -0.3 is 4.57 Å². The first-order chi connectivity index (χ1) is 13.0. The van der Waals surface area contributed by atoms with E-state index in [0.29, 0.717) is 28.8 Å². The molecule has 0 atom stereocenters. The summed E-state index contributed by atoms with van der Waals surface area (Å²) in [6, 6.07) is 14.1. The highest BCUT2D eigenvalue weighted by molar-refractivity contribution is 6.29. The Hall–Kier alpha value is -3.25. The lowest BCUT2D eigenvalue weighted by atomic mass is 10.2. The molecule has 0 N–H and O–H groups in total. The second-order valence-corrected chi connectivity index (χ2v) is 6.62. The Bertz CT molecular complexity index is 1190. The van der Waals surface area contributed by atoms with Crippen LogP contribution in [0.25, 0.3) is 17.1 Å². The van der Waals surface area contributed by atoms with Crippen molar-refractivity contribution in [3.8, 4) is 17.1 Å². The van der Waals surface area contributed by atoms with Crippen LogP contribution in [0, 0.1) is 6.92 Å². The number of rotatable bonds is 3. The van der Waals surface area contributed by atoms with E-state index in [2.05, 4.69) is 9.97 Å². The summed E-state index contributed by atoms with van der Waals surface area (Å²) in [5, 5.41) is 0.405. The summed E-state index contributed by atoms with van der Waals surface area (Å²) in [7, 11) is 0. The van der Waals surface area contributed by atoms with Gasteiger partial charge in [0.25, 0.3) is 5.56 Å². The number of halogens is 1. The van der Waals surface area contributed by atoms with Gasteiger partial charge in [0.1, 0.15) is 5.15 Å². The molecule has 0 spiro atoms. The molecule has 1 aromatic heterocycles. The molecule has 0 bridgehead atoms.